The van der Waals surface area contributed by atoms with Crippen LogP contribution in [0.4, 0.5) is 5.69 Å². The summed E-state index contributed by atoms with van der Waals surface area (Å²) >= 11 is 0. The summed E-state index contributed by atoms with van der Waals surface area (Å²) in [5.41, 5.74) is 8.38. The lowest BCUT2D eigenvalue weighted by Gasteiger charge is -2.15. The standard InChI is InChI=1S/C18H22N2O2/c1-13(11-19)18(21)20-17-10-6-7-15(14(17)2)12-22-16-8-4-3-5-9-16/h3-10,13H,11-12,19H2,1-2H3,(H,20,21). The summed E-state index contributed by atoms with van der Waals surface area (Å²) in [7, 11) is 0. The van der Waals surface area contributed by atoms with E-state index in [0.717, 1.165) is 22.6 Å². The summed E-state index contributed by atoms with van der Waals surface area (Å²) < 4.78 is 5.77. The molecule has 1 unspecified atom stereocenters. The minimum atomic E-state index is -0.205. The van der Waals surface area contributed by atoms with E-state index in [2.05, 4.69) is 5.32 Å². The molecule has 2 aromatic carbocycles. The van der Waals surface area contributed by atoms with Gasteiger partial charge in [-0.25, -0.2) is 0 Å². The van der Waals surface area contributed by atoms with Crippen molar-refractivity contribution < 1.29 is 9.53 Å². The minimum Gasteiger partial charge on any atom is -0.489 e. The Bertz CT molecular complexity index is 626. The van der Waals surface area contributed by atoms with Crippen molar-refractivity contribution in [2.24, 2.45) is 11.7 Å². The maximum Gasteiger partial charge on any atom is 0.228 e. The molecule has 0 saturated carbocycles. The molecule has 0 fully saturated rings. The van der Waals surface area contributed by atoms with Gasteiger partial charge in [-0.2, -0.15) is 0 Å². The highest BCUT2D eigenvalue weighted by Gasteiger charge is 2.13. The Labute approximate surface area is 131 Å². The van der Waals surface area contributed by atoms with Crippen molar-refractivity contribution in [3.05, 3.63) is 59.7 Å². The molecule has 0 heterocycles. The topological polar surface area (TPSA) is 64.3 Å². The molecule has 0 aliphatic heterocycles. The van der Waals surface area contributed by atoms with Gasteiger partial charge in [0.05, 0.1) is 0 Å². The molecule has 0 saturated heterocycles. The molecule has 0 aliphatic carbocycles. The van der Waals surface area contributed by atoms with Crippen LogP contribution in [0.25, 0.3) is 0 Å². The van der Waals surface area contributed by atoms with E-state index in [1.807, 2.05) is 62.4 Å². The number of amides is 1. The van der Waals surface area contributed by atoms with Crippen LogP contribution in [0.15, 0.2) is 48.5 Å². The molecule has 2 aromatic rings. The Morgan fingerprint density at radius 1 is 1.18 bits per heavy atom. The zero-order valence-corrected chi connectivity index (χ0v) is 13.0. The predicted octanol–water partition coefficient (Wildman–Crippen LogP) is 3.11. The fourth-order valence-electron chi connectivity index (χ4n) is 2.02. The van der Waals surface area contributed by atoms with Crippen LogP contribution in [-0.4, -0.2) is 12.5 Å². The van der Waals surface area contributed by atoms with Crippen molar-refractivity contribution in [3.63, 3.8) is 0 Å². The minimum absolute atomic E-state index is 0.0632. The molecule has 2 rings (SSSR count). The Morgan fingerprint density at radius 3 is 2.59 bits per heavy atom. The number of hydrogen-bond donors (Lipinski definition) is 2. The smallest absolute Gasteiger partial charge is 0.228 e. The van der Waals surface area contributed by atoms with Crippen molar-refractivity contribution in [1.82, 2.24) is 0 Å². The number of rotatable bonds is 6. The molecule has 0 radical (unpaired) electrons. The highest BCUT2D eigenvalue weighted by molar-refractivity contribution is 5.93. The summed E-state index contributed by atoms with van der Waals surface area (Å²) in [5.74, 6) is 0.559. The second-order valence-electron chi connectivity index (χ2n) is 5.32. The van der Waals surface area contributed by atoms with Gasteiger partial charge in [0.15, 0.2) is 0 Å². The number of carbonyl (C=O) groups is 1. The van der Waals surface area contributed by atoms with E-state index in [9.17, 15) is 4.79 Å². The van der Waals surface area contributed by atoms with Gasteiger partial charge in [-0.05, 0) is 36.2 Å². The summed E-state index contributed by atoms with van der Waals surface area (Å²) in [6.07, 6.45) is 0. The number of ether oxygens (including phenoxy) is 1. The lowest BCUT2D eigenvalue weighted by Crippen LogP contribution is -2.27. The second-order valence-corrected chi connectivity index (χ2v) is 5.32. The van der Waals surface area contributed by atoms with Gasteiger partial charge in [0, 0.05) is 18.2 Å². The number of nitrogens with two attached hydrogens (primary N) is 1. The lowest BCUT2D eigenvalue weighted by molar-refractivity contribution is -0.119. The van der Waals surface area contributed by atoms with Crippen LogP contribution in [0, 0.1) is 12.8 Å². The van der Waals surface area contributed by atoms with Crippen molar-refractivity contribution in [2.45, 2.75) is 20.5 Å². The third-order valence-corrected chi connectivity index (χ3v) is 3.64. The largest absolute Gasteiger partial charge is 0.489 e. The Balaban J connectivity index is 2.07. The monoisotopic (exact) mass is 298 g/mol. The summed E-state index contributed by atoms with van der Waals surface area (Å²) in [6.45, 7) is 4.59. The molecule has 116 valence electrons. The van der Waals surface area contributed by atoms with Crippen LogP contribution < -0.4 is 15.8 Å². The van der Waals surface area contributed by atoms with Gasteiger partial charge < -0.3 is 15.8 Å². The fraction of sp³-hybridized carbons (Fsp3) is 0.278. The molecular weight excluding hydrogens is 276 g/mol. The summed E-state index contributed by atoms with van der Waals surface area (Å²) in [5, 5.41) is 2.92. The van der Waals surface area contributed by atoms with Crippen LogP contribution in [-0.2, 0) is 11.4 Å². The van der Waals surface area contributed by atoms with Crippen LogP contribution in [0.2, 0.25) is 0 Å². The number of nitrogens with one attached hydrogen (secondary N) is 1. The molecule has 0 aromatic heterocycles. The Hall–Kier alpha value is -2.33. The number of para-hydroxylation sites is 1. The lowest BCUT2D eigenvalue weighted by atomic mass is 10.1. The van der Waals surface area contributed by atoms with Crippen molar-refractivity contribution in [3.8, 4) is 5.75 Å². The molecule has 1 amide bonds. The van der Waals surface area contributed by atoms with Crippen LogP contribution in [0.3, 0.4) is 0 Å². The van der Waals surface area contributed by atoms with Crippen LogP contribution in [0.5, 0.6) is 5.75 Å². The van der Waals surface area contributed by atoms with Gasteiger partial charge in [0.25, 0.3) is 0 Å². The van der Waals surface area contributed by atoms with Gasteiger partial charge in [-0.15, -0.1) is 0 Å². The molecular formula is C18H22N2O2. The van der Waals surface area contributed by atoms with E-state index in [1.54, 1.807) is 0 Å². The number of anilines is 1. The van der Waals surface area contributed by atoms with E-state index < -0.39 is 0 Å². The van der Waals surface area contributed by atoms with Gasteiger partial charge in [0.2, 0.25) is 5.91 Å². The van der Waals surface area contributed by atoms with Gasteiger partial charge in [-0.1, -0.05) is 37.3 Å². The van der Waals surface area contributed by atoms with Crippen molar-refractivity contribution in [2.75, 3.05) is 11.9 Å². The normalized spacial score (nSPS) is 11.8. The van der Waals surface area contributed by atoms with E-state index in [1.165, 1.54) is 0 Å². The van der Waals surface area contributed by atoms with E-state index >= 15 is 0 Å². The molecule has 3 N–H and O–H groups in total. The maximum atomic E-state index is 12.0. The van der Waals surface area contributed by atoms with Gasteiger partial charge in [0.1, 0.15) is 12.4 Å². The van der Waals surface area contributed by atoms with Crippen LogP contribution in [0.1, 0.15) is 18.1 Å². The van der Waals surface area contributed by atoms with E-state index in [4.69, 9.17) is 10.5 Å². The van der Waals surface area contributed by atoms with Gasteiger partial charge >= 0.3 is 0 Å². The number of benzene rings is 2. The zero-order valence-electron chi connectivity index (χ0n) is 13.0. The van der Waals surface area contributed by atoms with Gasteiger partial charge in [-0.3, -0.25) is 4.79 Å². The first-order chi connectivity index (χ1) is 10.6. The molecule has 4 heteroatoms. The Kier molecular flexibility index (Phi) is 5.55. The highest BCUT2D eigenvalue weighted by Crippen LogP contribution is 2.21. The molecule has 0 aliphatic rings. The predicted molar refractivity (Wildman–Crippen MR) is 88.8 cm³/mol. The first-order valence-corrected chi connectivity index (χ1v) is 7.39. The number of hydrogen-bond acceptors (Lipinski definition) is 3. The molecule has 4 nitrogen and oxygen atoms in total. The quantitative estimate of drug-likeness (QED) is 0.861. The van der Waals surface area contributed by atoms with Crippen molar-refractivity contribution >= 4 is 11.6 Å². The van der Waals surface area contributed by atoms with Crippen molar-refractivity contribution in [1.29, 1.82) is 0 Å². The zero-order chi connectivity index (χ0) is 15.9. The highest BCUT2D eigenvalue weighted by atomic mass is 16.5. The molecule has 0 spiro atoms. The average Bonchev–Trinajstić information content (AvgIpc) is 2.55. The summed E-state index contributed by atoms with van der Waals surface area (Å²) in [6, 6.07) is 15.5. The van der Waals surface area contributed by atoms with Crippen LogP contribution >= 0.6 is 0 Å². The first kappa shape index (κ1) is 16.0. The molecule has 0 bridgehead atoms. The average molecular weight is 298 g/mol. The van der Waals surface area contributed by atoms with E-state index in [-0.39, 0.29) is 11.8 Å². The third-order valence-electron chi connectivity index (χ3n) is 3.64. The first-order valence-electron chi connectivity index (χ1n) is 7.39. The molecule has 1 atom stereocenters. The Morgan fingerprint density at radius 2 is 1.91 bits per heavy atom. The second kappa shape index (κ2) is 7.61. The maximum absolute atomic E-state index is 12.0. The van der Waals surface area contributed by atoms with E-state index in [0.29, 0.717) is 13.2 Å². The summed E-state index contributed by atoms with van der Waals surface area (Å²) in [4.78, 5) is 12.0. The third kappa shape index (κ3) is 4.09. The molecule has 22 heavy (non-hydrogen) atoms. The number of carbonyl (C=O) groups excluding carboxylic acids is 1. The fourth-order valence-corrected chi connectivity index (χ4v) is 2.02. The SMILES string of the molecule is Cc1c(COc2ccccc2)cccc1NC(=O)C(C)CN.